The minimum atomic E-state index is -0.00337. The minimum Gasteiger partial charge on any atom is -0.293 e. The van der Waals surface area contributed by atoms with Gasteiger partial charge in [-0.2, -0.15) is 0 Å². The lowest BCUT2D eigenvalue weighted by molar-refractivity contribution is 0.101. The van der Waals surface area contributed by atoms with Crippen LogP contribution in [0, 0.1) is 6.92 Å². The third-order valence-corrected chi connectivity index (χ3v) is 1.93. The number of carbonyl (C=O) groups excluding carboxylic acids is 1. The number of aryl methyl sites for hydroxylation is 1. The fraction of sp³-hybridized carbons (Fsp3) is 0.429. The topological polar surface area (TPSA) is 30.0 Å². The lowest BCUT2D eigenvalue weighted by atomic mass is 10.0. The van der Waals surface area contributed by atoms with Crippen molar-refractivity contribution in [3.63, 3.8) is 0 Å². The first-order chi connectivity index (χ1) is 7.43. The van der Waals surface area contributed by atoms with E-state index in [1.54, 1.807) is 12.3 Å². The van der Waals surface area contributed by atoms with Crippen LogP contribution in [0.4, 0.5) is 0 Å². The van der Waals surface area contributed by atoms with E-state index in [9.17, 15) is 4.79 Å². The summed E-state index contributed by atoms with van der Waals surface area (Å²) in [6.07, 6.45) is 2.95. The Bertz CT molecular complexity index is 380. The maximum absolute atomic E-state index is 11.0. The predicted molar refractivity (Wildman–Crippen MR) is 69.7 cm³/mol. The predicted octanol–water partition coefficient (Wildman–Crippen LogP) is 4.04. The Morgan fingerprint density at radius 3 is 2.19 bits per heavy atom. The fourth-order valence-electron chi connectivity index (χ4n) is 1.20. The number of pyridine rings is 1. The summed E-state index contributed by atoms with van der Waals surface area (Å²) in [4.78, 5) is 15.0. The Morgan fingerprint density at radius 1 is 1.38 bits per heavy atom. The van der Waals surface area contributed by atoms with E-state index in [2.05, 4.69) is 25.4 Å². The fourth-order valence-corrected chi connectivity index (χ4v) is 1.20. The van der Waals surface area contributed by atoms with Crippen molar-refractivity contribution in [2.45, 2.75) is 41.0 Å². The second-order valence-electron chi connectivity index (χ2n) is 3.93. The molecule has 2 nitrogen and oxygen atoms in total. The van der Waals surface area contributed by atoms with Crippen LogP contribution in [0.25, 0.3) is 5.57 Å². The summed E-state index contributed by atoms with van der Waals surface area (Å²) in [6, 6.07) is 1.80. The summed E-state index contributed by atoms with van der Waals surface area (Å²) in [7, 11) is 0. The number of hydrogen-bond acceptors (Lipinski definition) is 2. The van der Waals surface area contributed by atoms with Crippen LogP contribution < -0.4 is 0 Å². The number of Topliss-reactive ketones (excluding diaryl/α,β-unsaturated/α-hetero) is 1. The van der Waals surface area contributed by atoms with Crippen molar-refractivity contribution in [1.29, 1.82) is 0 Å². The first-order valence-electron chi connectivity index (χ1n) is 5.57. The van der Waals surface area contributed by atoms with E-state index in [-0.39, 0.29) is 5.78 Å². The molecule has 0 aliphatic carbocycles. The number of aromatic nitrogens is 1. The van der Waals surface area contributed by atoms with Gasteiger partial charge in [-0.3, -0.25) is 9.78 Å². The molecule has 1 aromatic heterocycles. The third kappa shape index (κ3) is 4.39. The zero-order chi connectivity index (χ0) is 12.7. The maximum Gasteiger partial charge on any atom is 0.178 e. The standard InChI is InChI=1S/C11H13NO.C3H8/c1-7(2)10-6-12-11(9(4)13)5-8(10)3;1-3-2/h5-6H,1H2,2-4H3;3H2,1-2H3. The largest absolute Gasteiger partial charge is 0.293 e. The Labute approximate surface area is 98.4 Å². The molecule has 0 atom stereocenters. The highest BCUT2D eigenvalue weighted by Gasteiger charge is 2.04. The third-order valence-electron chi connectivity index (χ3n) is 1.93. The van der Waals surface area contributed by atoms with Gasteiger partial charge in [0.25, 0.3) is 0 Å². The van der Waals surface area contributed by atoms with Crippen LogP contribution in [-0.4, -0.2) is 10.8 Å². The number of rotatable bonds is 2. The van der Waals surface area contributed by atoms with Crippen molar-refractivity contribution in [1.82, 2.24) is 4.98 Å². The molecule has 0 spiro atoms. The van der Waals surface area contributed by atoms with Gasteiger partial charge >= 0.3 is 0 Å². The highest BCUT2D eigenvalue weighted by Crippen LogP contribution is 2.16. The number of ketones is 1. The van der Waals surface area contributed by atoms with Crippen LogP contribution in [-0.2, 0) is 0 Å². The second kappa shape index (κ2) is 6.94. The van der Waals surface area contributed by atoms with E-state index in [0.29, 0.717) is 5.69 Å². The van der Waals surface area contributed by atoms with E-state index in [4.69, 9.17) is 0 Å². The van der Waals surface area contributed by atoms with Gasteiger partial charge in [-0.05, 0) is 36.6 Å². The molecule has 0 saturated carbocycles. The van der Waals surface area contributed by atoms with Crippen LogP contribution in [0.2, 0.25) is 0 Å². The first kappa shape index (κ1) is 14.6. The van der Waals surface area contributed by atoms with Gasteiger partial charge in [0.2, 0.25) is 0 Å². The molecule has 0 aliphatic rings. The number of carbonyl (C=O) groups is 1. The maximum atomic E-state index is 11.0. The molecule has 2 heteroatoms. The van der Waals surface area contributed by atoms with Crippen molar-refractivity contribution in [2.75, 3.05) is 0 Å². The van der Waals surface area contributed by atoms with Crippen LogP contribution in [0.15, 0.2) is 18.8 Å². The van der Waals surface area contributed by atoms with E-state index in [1.165, 1.54) is 13.3 Å². The van der Waals surface area contributed by atoms with Crippen LogP contribution in [0.5, 0.6) is 0 Å². The lowest BCUT2D eigenvalue weighted by Gasteiger charge is -2.04. The van der Waals surface area contributed by atoms with Gasteiger partial charge in [0.15, 0.2) is 5.78 Å². The zero-order valence-electron chi connectivity index (χ0n) is 10.9. The van der Waals surface area contributed by atoms with Crippen molar-refractivity contribution in [2.24, 2.45) is 0 Å². The first-order valence-corrected chi connectivity index (χ1v) is 5.57. The highest BCUT2D eigenvalue weighted by atomic mass is 16.1. The summed E-state index contributed by atoms with van der Waals surface area (Å²) in [5.74, 6) is -0.00337. The monoisotopic (exact) mass is 219 g/mol. The van der Waals surface area contributed by atoms with Gasteiger partial charge in [-0.15, -0.1) is 0 Å². The molecule has 1 rings (SSSR count). The average Bonchev–Trinajstić information content (AvgIpc) is 2.17. The molecule has 0 radical (unpaired) electrons. The smallest absolute Gasteiger partial charge is 0.178 e. The molecule has 0 amide bonds. The SMILES string of the molecule is C=C(C)c1cnc(C(C)=O)cc1C.CCC. The molecular weight excluding hydrogens is 198 g/mol. The van der Waals surface area contributed by atoms with E-state index in [0.717, 1.165) is 16.7 Å². The highest BCUT2D eigenvalue weighted by molar-refractivity contribution is 5.92. The lowest BCUT2D eigenvalue weighted by Crippen LogP contribution is -1.98. The van der Waals surface area contributed by atoms with Crippen LogP contribution in [0.3, 0.4) is 0 Å². The zero-order valence-corrected chi connectivity index (χ0v) is 10.9. The van der Waals surface area contributed by atoms with Gasteiger partial charge < -0.3 is 0 Å². The van der Waals surface area contributed by atoms with Crippen LogP contribution in [0.1, 0.15) is 55.7 Å². The molecule has 0 fully saturated rings. The normalized spacial score (nSPS) is 9.06. The Kier molecular flexibility index (Phi) is 6.31. The van der Waals surface area contributed by atoms with Crippen molar-refractivity contribution < 1.29 is 4.79 Å². The summed E-state index contributed by atoms with van der Waals surface area (Å²) in [6.45, 7) is 13.5. The summed E-state index contributed by atoms with van der Waals surface area (Å²) >= 11 is 0. The van der Waals surface area contributed by atoms with Crippen molar-refractivity contribution in [3.8, 4) is 0 Å². The Morgan fingerprint density at radius 2 is 1.88 bits per heavy atom. The molecule has 0 bridgehead atoms. The molecule has 1 aromatic rings. The average molecular weight is 219 g/mol. The van der Waals surface area contributed by atoms with Crippen molar-refractivity contribution in [3.05, 3.63) is 35.7 Å². The summed E-state index contributed by atoms with van der Waals surface area (Å²) < 4.78 is 0. The van der Waals surface area contributed by atoms with E-state index in [1.807, 2.05) is 13.8 Å². The summed E-state index contributed by atoms with van der Waals surface area (Å²) in [5.41, 5.74) is 3.56. The van der Waals surface area contributed by atoms with Gasteiger partial charge in [0.05, 0.1) is 0 Å². The molecule has 16 heavy (non-hydrogen) atoms. The quantitative estimate of drug-likeness (QED) is 0.702. The molecule has 88 valence electrons. The molecule has 0 N–H and O–H groups in total. The number of nitrogens with zero attached hydrogens (tertiary/aromatic N) is 1. The number of hydrogen-bond donors (Lipinski definition) is 0. The molecule has 0 aliphatic heterocycles. The number of allylic oxidation sites excluding steroid dienone is 1. The Hall–Kier alpha value is -1.44. The van der Waals surface area contributed by atoms with Gasteiger partial charge in [0, 0.05) is 13.1 Å². The molecule has 0 saturated heterocycles. The van der Waals surface area contributed by atoms with Crippen molar-refractivity contribution >= 4 is 11.4 Å². The summed E-state index contributed by atoms with van der Waals surface area (Å²) in [5, 5.41) is 0. The second-order valence-corrected chi connectivity index (χ2v) is 3.93. The van der Waals surface area contributed by atoms with Gasteiger partial charge in [-0.1, -0.05) is 26.8 Å². The minimum absolute atomic E-state index is 0.00337. The molecule has 0 unspecified atom stereocenters. The van der Waals surface area contributed by atoms with E-state index >= 15 is 0 Å². The van der Waals surface area contributed by atoms with Crippen LogP contribution >= 0.6 is 0 Å². The molecule has 0 aromatic carbocycles. The van der Waals surface area contributed by atoms with E-state index < -0.39 is 0 Å². The molecule has 1 heterocycles. The van der Waals surface area contributed by atoms with Gasteiger partial charge in [-0.25, -0.2) is 0 Å². The molecular formula is C14H21NO. The Balaban J connectivity index is 0.000000673. The van der Waals surface area contributed by atoms with Gasteiger partial charge in [0.1, 0.15) is 5.69 Å².